The molecular weight excluding hydrogens is 367 g/mol. The van der Waals surface area contributed by atoms with Gasteiger partial charge in [0.05, 0.1) is 16.8 Å². The molecule has 1 aromatic rings. The van der Waals surface area contributed by atoms with Crippen molar-refractivity contribution >= 4 is 29.3 Å². The first-order valence-electron chi connectivity index (χ1n) is 9.35. The number of piperidine rings is 1. The molecule has 4 amide bonds. The summed E-state index contributed by atoms with van der Waals surface area (Å²) in [7, 11) is 1.87. The molecule has 0 spiro atoms. The van der Waals surface area contributed by atoms with E-state index in [0.29, 0.717) is 24.7 Å². The van der Waals surface area contributed by atoms with Crippen molar-refractivity contribution in [2.75, 3.05) is 31.6 Å². The maximum atomic E-state index is 14.7. The lowest BCUT2D eigenvalue weighted by molar-refractivity contribution is -0.136. The fourth-order valence-electron chi connectivity index (χ4n) is 4.23. The maximum absolute atomic E-state index is 14.7. The minimum Gasteiger partial charge on any atom is -0.369 e. The zero-order valence-corrected chi connectivity index (χ0v) is 15.5. The average Bonchev–Trinajstić information content (AvgIpc) is 3.19. The van der Waals surface area contributed by atoms with Gasteiger partial charge in [0, 0.05) is 19.5 Å². The van der Waals surface area contributed by atoms with Gasteiger partial charge in [-0.25, -0.2) is 4.39 Å². The summed E-state index contributed by atoms with van der Waals surface area (Å²) >= 11 is 0. The van der Waals surface area contributed by atoms with Crippen LogP contribution in [-0.2, 0) is 9.59 Å². The Morgan fingerprint density at radius 2 is 1.86 bits per heavy atom. The molecule has 2 fully saturated rings. The summed E-state index contributed by atoms with van der Waals surface area (Å²) in [5, 5.41) is 5.26. The number of rotatable bonds is 4. The van der Waals surface area contributed by atoms with Crippen LogP contribution >= 0.6 is 0 Å². The number of nitrogens with one attached hydrogen (secondary N) is 2. The molecule has 4 rings (SSSR count). The second-order valence-corrected chi connectivity index (χ2v) is 7.45. The lowest BCUT2D eigenvalue weighted by Crippen LogP contribution is -2.54. The molecule has 2 unspecified atom stereocenters. The third-order valence-corrected chi connectivity index (χ3v) is 5.63. The highest BCUT2D eigenvalue weighted by molar-refractivity contribution is 6.23. The average molecular weight is 388 g/mol. The molecule has 3 aliphatic rings. The number of anilines is 1. The highest BCUT2D eigenvalue weighted by Gasteiger charge is 2.45. The predicted octanol–water partition coefficient (Wildman–Crippen LogP) is 0.273. The number of carbonyl (C=O) groups is 4. The number of nitrogens with zero attached hydrogens (tertiary/aromatic N) is 2. The minimum absolute atomic E-state index is 0.0399. The first-order chi connectivity index (χ1) is 13.4. The number of hydrogen-bond donors (Lipinski definition) is 2. The Bertz CT molecular complexity index is 887. The Morgan fingerprint density at radius 3 is 2.54 bits per heavy atom. The van der Waals surface area contributed by atoms with Crippen molar-refractivity contribution in [3.63, 3.8) is 0 Å². The van der Waals surface area contributed by atoms with Gasteiger partial charge in [0.15, 0.2) is 0 Å². The van der Waals surface area contributed by atoms with E-state index in [-0.39, 0.29) is 24.0 Å². The molecule has 0 aliphatic carbocycles. The van der Waals surface area contributed by atoms with E-state index < -0.39 is 35.5 Å². The van der Waals surface area contributed by atoms with Crippen LogP contribution in [0.15, 0.2) is 12.1 Å². The summed E-state index contributed by atoms with van der Waals surface area (Å²) in [4.78, 5) is 51.8. The predicted molar refractivity (Wildman–Crippen MR) is 97.3 cm³/mol. The zero-order chi connectivity index (χ0) is 20.0. The molecule has 2 atom stereocenters. The zero-order valence-electron chi connectivity index (χ0n) is 15.5. The molecule has 28 heavy (non-hydrogen) atoms. The van der Waals surface area contributed by atoms with E-state index >= 15 is 0 Å². The Balaban J connectivity index is 1.62. The highest BCUT2D eigenvalue weighted by Crippen LogP contribution is 2.34. The quantitative estimate of drug-likeness (QED) is 0.719. The van der Waals surface area contributed by atoms with Crippen LogP contribution in [0.4, 0.5) is 10.1 Å². The van der Waals surface area contributed by atoms with Crippen molar-refractivity contribution in [3.8, 4) is 0 Å². The molecule has 0 saturated carbocycles. The minimum atomic E-state index is -1.05. The van der Waals surface area contributed by atoms with Crippen molar-refractivity contribution < 1.29 is 23.6 Å². The van der Waals surface area contributed by atoms with Gasteiger partial charge in [-0.1, -0.05) is 0 Å². The van der Waals surface area contributed by atoms with Crippen LogP contribution in [0.25, 0.3) is 0 Å². The molecule has 148 valence electrons. The van der Waals surface area contributed by atoms with Crippen molar-refractivity contribution in [1.29, 1.82) is 0 Å². The first kappa shape index (κ1) is 18.5. The Labute approximate surface area is 161 Å². The molecule has 3 aliphatic heterocycles. The smallest absolute Gasteiger partial charge is 0.262 e. The lowest BCUT2D eigenvalue weighted by atomic mass is 10.0. The number of benzene rings is 1. The third kappa shape index (κ3) is 2.95. The summed E-state index contributed by atoms with van der Waals surface area (Å²) in [5.41, 5.74) is 0.355. The topological polar surface area (TPSA) is 98.8 Å². The molecule has 3 heterocycles. The number of imide groups is 2. The SMILES string of the molecule is CNCC1CCN(c2cc3c(cc2F)C(=O)N(C2CCC(=O)NC2=O)C3=O)C1. The van der Waals surface area contributed by atoms with Crippen LogP contribution in [0.2, 0.25) is 0 Å². The standard InChI is InChI=1S/C19H21FN4O4/c1-21-8-10-4-5-23(9-10)15-7-12-11(6-13(15)20)18(27)24(19(12)28)14-2-3-16(25)22-17(14)26/h6-7,10,14,21H,2-5,8-9H2,1H3,(H,22,25,26). The van der Waals surface area contributed by atoms with Gasteiger partial charge < -0.3 is 10.2 Å². The van der Waals surface area contributed by atoms with Gasteiger partial charge in [-0.05, 0) is 44.5 Å². The third-order valence-electron chi connectivity index (χ3n) is 5.63. The molecule has 0 bridgehead atoms. The van der Waals surface area contributed by atoms with Crippen LogP contribution in [0.5, 0.6) is 0 Å². The number of halogens is 1. The lowest BCUT2D eigenvalue weighted by Gasteiger charge is -2.27. The van der Waals surface area contributed by atoms with Crippen LogP contribution in [0.1, 0.15) is 40.0 Å². The van der Waals surface area contributed by atoms with E-state index in [4.69, 9.17) is 0 Å². The highest BCUT2D eigenvalue weighted by atomic mass is 19.1. The van der Waals surface area contributed by atoms with E-state index in [1.54, 1.807) is 0 Å². The Hall–Kier alpha value is -2.81. The summed E-state index contributed by atoms with van der Waals surface area (Å²) in [6.45, 7) is 2.15. The van der Waals surface area contributed by atoms with Gasteiger partial charge in [-0.15, -0.1) is 0 Å². The number of hydrogen-bond acceptors (Lipinski definition) is 6. The number of amides is 4. The van der Waals surface area contributed by atoms with Crippen LogP contribution in [-0.4, -0.2) is 61.3 Å². The molecule has 2 N–H and O–H groups in total. The van der Waals surface area contributed by atoms with Crippen molar-refractivity contribution in [1.82, 2.24) is 15.5 Å². The van der Waals surface area contributed by atoms with Gasteiger partial charge in [0.1, 0.15) is 11.9 Å². The van der Waals surface area contributed by atoms with Gasteiger partial charge in [0.2, 0.25) is 11.8 Å². The number of fused-ring (bicyclic) bond motifs is 1. The summed E-state index contributed by atoms with van der Waals surface area (Å²) in [6.07, 6.45) is 1.03. The summed E-state index contributed by atoms with van der Waals surface area (Å²) in [5.74, 6) is -2.61. The van der Waals surface area contributed by atoms with E-state index in [0.717, 1.165) is 23.9 Å². The fraction of sp³-hybridized carbons (Fsp3) is 0.474. The van der Waals surface area contributed by atoms with Crippen LogP contribution in [0, 0.1) is 11.7 Å². The maximum Gasteiger partial charge on any atom is 0.262 e. The summed E-state index contributed by atoms with van der Waals surface area (Å²) < 4.78 is 14.7. The number of carbonyl (C=O) groups excluding carboxylic acids is 4. The first-order valence-corrected chi connectivity index (χ1v) is 9.35. The van der Waals surface area contributed by atoms with Crippen LogP contribution < -0.4 is 15.5 Å². The van der Waals surface area contributed by atoms with Gasteiger partial charge in [0.25, 0.3) is 11.8 Å². The molecule has 9 heteroatoms. The molecule has 0 aromatic heterocycles. The Kier molecular flexibility index (Phi) is 4.62. The van der Waals surface area contributed by atoms with Crippen LogP contribution in [0.3, 0.4) is 0 Å². The van der Waals surface area contributed by atoms with Gasteiger partial charge in [-0.3, -0.25) is 29.4 Å². The second kappa shape index (κ2) is 6.97. The largest absolute Gasteiger partial charge is 0.369 e. The molecule has 0 radical (unpaired) electrons. The molecule has 2 saturated heterocycles. The summed E-state index contributed by atoms with van der Waals surface area (Å²) in [6, 6.07) is 1.45. The second-order valence-electron chi connectivity index (χ2n) is 7.45. The molecule has 8 nitrogen and oxygen atoms in total. The van der Waals surface area contributed by atoms with Gasteiger partial charge in [-0.2, -0.15) is 0 Å². The monoisotopic (exact) mass is 388 g/mol. The Morgan fingerprint density at radius 1 is 1.14 bits per heavy atom. The van der Waals surface area contributed by atoms with E-state index in [1.165, 1.54) is 6.07 Å². The van der Waals surface area contributed by atoms with E-state index in [2.05, 4.69) is 10.6 Å². The van der Waals surface area contributed by atoms with E-state index in [9.17, 15) is 23.6 Å². The van der Waals surface area contributed by atoms with Gasteiger partial charge >= 0.3 is 0 Å². The van der Waals surface area contributed by atoms with Crippen molar-refractivity contribution in [3.05, 3.63) is 29.1 Å². The van der Waals surface area contributed by atoms with E-state index in [1.807, 2.05) is 11.9 Å². The normalized spacial score (nSPS) is 24.8. The van der Waals surface area contributed by atoms with Crippen molar-refractivity contribution in [2.24, 2.45) is 5.92 Å². The van der Waals surface area contributed by atoms with Crippen molar-refractivity contribution in [2.45, 2.75) is 25.3 Å². The molecule has 1 aromatic carbocycles. The fourth-order valence-corrected chi connectivity index (χ4v) is 4.23. The molecular formula is C19H21FN4O4.